The maximum absolute atomic E-state index is 12.8. The summed E-state index contributed by atoms with van der Waals surface area (Å²) in [6.45, 7) is 6.57. The van der Waals surface area contributed by atoms with E-state index in [2.05, 4.69) is 34.7 Å². The van der Waals surface area contributed by atoms with E-state index >= 15 is 0 Å². The highest BCUT2D eigenvalue weighted by Crippen LogP contribution is 2.33. The molecule has 2 aromatic rings. The van der Waals surface area contributed by atoms with Gasteiger partial charge in [0.25, 0.3) is 5.91 Å². The Labute approximate surface area is 196 Å². The first-order valence-corrected chi connectivity index (χ1v) is 11.9. The van der Waals surface area contributed by atoms with E-state index in [-0.39, 0.29) is 24.3 Å². The van der Waals surface area contributed by atoms with Crippen LogP contribution >= 0.6 is 11.3 Å². The van der Waals surface area contributed by atoms with E-state index in [1.54, 1.807) is 0 Å². The Morgan fingerprint density at radius 3 is 2.70 bits per heavy atom. The maximum Gasteiger partial charge on any atom is 0.319 e. The molecule has 0 aliphatic carbocycles. The molecule has 0 spiro atoms. The van der Waals surface area contributed by atoms with Crippen LogP contribution in [-0.4, -0.2) is 47.8 Å². The zero-order valence-electron chi connectivity index (χ0n) is 18.6. The second-order valence-corrected chi connectivity index (χ2v) is 9.13. The van der Waals surface area contributed by atoms with Crippen molar-refractivity contribution in [3.8, 4) is 0 Å². The lowest BCUT2D eigenvalue weighted by atomic mass is 10.0. The Balaban J connectivity index is 1.33. The van der Waals surface area contributed by atoms with E-state index in [1.807, 2.05) is 30.3 Å². The molecule has 0 saturated carbocycles. The Kier molecular flexibility index (Phi) is 6.64. The van der Waals surface area contributed by atoms with Crippen LogP contribution in [0.15, 0.2) is 30.3 Å². The second-order valence-electron chi connectivity index (χ2n) is 8.00. The van der Waals surface area contributed by atoms with Crippen LogP contribution < -0.4 is 20.9 Å². The van der Waals surface area contributed by atoms with Gasteiger partial charge in [-0.25, -0.2) is 4.79 Å². The van der Waals surface area contributed by atoms with Crippen LogP contribution in [0.4, 0.5) is 16.2 Å². The number of rotatable bonds is 7. The molecule has 1 aromatic carbocycles. The van der Waals surface area contributed by atoms with Crippen molar-refractivity contribution in [2.24, 2.45) is 0 Å². The number of benzene rings is 1. The summed E-state index contributed by atoms with van der Waals surface area (Å²) in [5.74, 6) is -0.920. The van der Waals surface area contributed by atoms with E-state index in [0.717, 1.165) is 29.2 Å². The van der Waals surface area contributed by atoms with Crippen molar-refractivity contribution in [3.63, 3.8) is 0 Å². The molecule has 4 rings (SSSR count). The van der Waals surface area contributed by atoms with Crippen LogP contribution in [0, 0.1) is 0 Å². The third-order valence-corrected chi connectivity index (χ3v) is 7.06. The fraction of sp³-hybridized carbons (Fsp3) is 0.391. The highest BCUT2D eigenvalue weighted by Gasteiger charge is 2.40. The van der Waals surface area contributed by atoms with Gasteiger partial charge in [0.05, 0.1) is 11.4 Å². The van der Waals surface area contributed by atoms with Gasteiger partial charge in [0.2, 0.25) is 11.8 Å². The number of hydrogen-bond donors (Lipinski definition) is 3. The van der Waals surface area contributed by atoms with Gasteiger partial charge in [-0.05, 0) is 50.1 Å². The Bertz CT molecular complexity index is 1090. The number of anilines is 2. The summed E-state index contributed by atoms with van der Waals surface area (Å²) in [7, 11) is 0. The topological polar surface area (TPSA) is 111 Å². The molecule has 1 atom stereocenters. The Morgan fingerprint density at radius 2 is 2.00 bits per heavy atom. The van der Waals surface area contributed by atoms with Gasteiger partial charge in [0, 0.05) is 42.3 Å². The van der Waals surface area contributed by atoms with Crippen LogP contribution in [-0.2, 0) is 22.7 Å². The summed E-state index contributed by atoms with van der Waals surface area (Å²) in [4.78, 5) is 53.9. The molecule has 1 saturated heterocycles. The number of nitrogens with one attached hydrogen (secondary N) is 3. The number of carbonyl (C=O) groups is 4. The largest absolute Gasteiger partial charge is 0.372 e. The van der Waals surface area contributed by atoms with Gasteiger partial charge in [-0.2, -0.15) is 0 Å². The first kappa shape index (κ1) is 22.8. The molecule has 174 valence electrons. The van der Waals surface area contributed by atoms with E-state index in [1.165, 1.54) is 16.2 Å². The molecule has 10 heteroatoms. The summed E-state index contributed by atoms with van der Waals surface area (Å²) in [6.07, 6.45) is 0.575. The quantitative estimate of drug-likeness (QED) is 0.540. The minimum absolute atomic E-state index is 0.201. The lowest BCUT2D eigenvalue weighted by molar-refractivity contribution is -0.136. The van der Waals surface area contributed by atoms with Crippen LogP contribution in [0.2, 0.25) is 0 Å². The van der Waals surface area contributed by atoms with Gasteiger partial charge >= 0.3 is 6.03 Å². The number of amides is 5. The Morgan fingerprint density at radius 1 is 1.21 bits per heavy atom. The number of thiophene rings is 1. The maximum atomic E-state index is 12.8. The van der Waals surface area contributed by atoms with Gasteiger partial charge < -0.3 is 20.4 Å². The van der Waals surface area contributed by atoms with Crippen molar-refractivity contribution in [2.75, 3.05) is 23.3 Å². The number of nitrogens with zero attached hydrogens (tertiary/aromatic N) is 2. The molecular weight excluding hydrogens is 442 g/mol. The van der Waals surface area contributed by atoms with Gasteiger partial charge in [-0.3, -0.25) is 19.7 Å². The lowest BCUT2D eigenvalue weighted by Crippen LogP contribution is -2.52. The van der Waals surface area contributed by atoms with E-state index < -0.39 is 11.9 Å². The highest BCUT2D eigenvalue weighted by molar-refractivity contribution is 7.14. The molecule has 1 aromatic heterocycles. The van der Waals surface area contributed by atoms with Crippen molar-refractivity contribution in [2.45, 2.75) is 45.8 Å². The molecule has 5 amide bonds. The van der Waals surface area contributed by atoms with Crippen LogP contribution in [0.25, 0.3) is 0 Å². The molecular formula is C23H27N5O4S. The molecule has 0 bridgehead atoms. The van der Waals surface area contributed by atoms with E-state index in [4.69, 9.17) is 0 Å². The molecule has 33 heavy (non-hydrogen) atoms. The van der Waals surface area contributed by atoms with Crippen LogP contribution in [0.1, 0.15) is 46.8 Å². The number of urea groups is 1. The number of carbonyl (C=O) groups excluding carboxylic acids is 4. The monoisotopic (exact) mass is 469 g/mol. The molecule has 2 aliphatic heterocycles. The fourth-order valence-electron chi connectivity index (χ4n) is 4.20. The minimum Gasteiger partial charge on any atom is -0.372 e. The number of fused-ring (bicyclic) bond motifs is 1. The molecule has 3 heterocycles. The van der Waals surface area contributed by atoms with Crippen molar-refractivity contribution in [1.29, 1.82) is 0 Å². The molecule has 9 nitrogen and oxygen atoms in total. The van der Waals surface area contributed by atoms with Crippen molar-refractivity contribution < 1.29 is 19.2 Å². The second kappa shape index (κ2) is 9.62. The molecule has 2 aliphatic rings. The first-order chi connectivity index (χ1) is 15.9. The van der Waals surface area contributed by atoms with Gasteiger partial charge in [0.1, 0.15) is 6.04 Å². The molecule has 3 N–H and O–H groups in total. The average Bonchev–Trinajstić information content (AvgIpc) is 3.32. The highest BCUT2D eigenvalue weighted by atomic mass is 32.1. The van der Waals surface area contributed by atoms with Crippen molar-refractivity contribution in [1.82, 2.24) is 15.5 Å². The van der Waals surface area contributed by atoms with Gasteiger partial charge in [-0.1, -0.05) is 6.07 Å². The van der Waals surface area contributed by atoms with E-state index in [9.17, 15) is 19.2 Å². The third-order valence-electron chi connectivity index (χ3n) is 5.90. The number of imide groups is 1. The van der Waals surface area contributed by atoms with Crippen LogP contribution in [0.5, 0.6) is 0 Å². The Hall–Kier alpha value is -3.40. The standard InChI is InChI=1S/C23H27N5O4S/c1-3-27(4-2)16-7-5-6-15(11-16)25-23(32)24-12-17-10-14-13-28(22(31)20(14)33-17)18-8-9-19(29)26-21(18)30/h5-7,10-11,18H,3-4,8-9,12-13H2,1-2H3,(H2,24,25,32)(H,26,29,30). The van der Waals surface area contributed by atoms with Gasteiger partial charge in [-0.15, -0.1) is 11.3 Å². The SMILES string of the molecule is CCN(CC)c1cccc(NC(=O)NCc2cc3c(s2)C(=O)N(C2CCC(=O)NC2=O)C3)c1. The minimum atomic E-state index is -0.616. The number of piperidine rings is 1. The smallest absolute Gasteiger partial charge is 0.319 e. The summed E-state index contributed by atoms with van der Waals surface area (Å²) in [6, 6.07) is 8.66. The summed E-state index contributed by atoms with van der Waals surface area (Å²) in [5.41, 5.74) is 2.60. The summed E-state index contributed by atoms with van der Waals surface area (Å²) >= 11 is 1.32. The lowest BCUT2D eigenvalue weighted by Gasteiger charge is -2.29. The molecule has 1 unspecified atom stereocenters. The molecule has 1 fully saturated rings. The number of hydrogen-bond acceptors (Lipinski definition) is 6. The van der Waals surface area contributed by atoms with Crippen LogP contribution in [0.3, 0.4) is 0 Å². The van der Waals surface area contributed by atoms with Gasteiger partial charge in [0.15, 0.2) is 0 Å². The fourth-order valence-corrected chi connectivity index (χ4v) is 5.27. The predicted molar refractivity (Wildman–Crippen MR) is 126 cm³/mol. The first-order valence-electron chi connectivity index (χ1n) is 11.1. The predicted octanol–water partition coefficient (Wildman–Crippen LogP) is 2.68. The van der Waals surface area contributed by atoms with Crippen molar-refractivity contribution in [3.05, 3.63) is 45.6 Å². The normalized spacial score (nSPS) is 17.6. The third kappa shape index (κ3) is 4.85. The zero-order valence-corrected chi connectivity index (χ0v) is 19.5. The van der Waals surface area contributed by atoms with E-state index in [0.29, 0.717) is 30.1 Å². The average molecular weight is 470 g/mol. The molecule has 0 radical (unpaired) electrons. The summed E-state index contributed by atoms with van der Waals surface area (Å²) < 4.78 is 0. The zero-order chi connectivity index (χ0) is 23.5. The van der Waals surface area contributed by atoms with Crippen molar-refractivity contribution >= 4 is 46.5 Å². The summed E-state index contributed by atoms with van der Waals surface area (Å²) in [5, 5.41) is 7.99.